The minimum Gasteiger partial charge on any atom is -0.350 e. The van der Waals surface area contributed by atoms with Crippen molar-refractivity contribution in [2.45, 2.75) is 72.5 Å². The number of nitrogens with one attached hydrogen (secondary N) is 1. The number of hydrogen-bond donors (Lipinski definition) is 1. The fourth-order valence-corrected chi connectivity index (χ4v) is 3.34. The Hall–Kier alpha value is -2.62. The van der Waals surface area contributed by atoms with Gasteiger partial charge in [-0.3, -0.25) is 9.59 Å². The third-order valence-corrected chi connectivity index (χ3v) is 4.96. The molecule has 4 heteroatoms. The van der Waals surface area contributed by atoms with Gasteiger partial charge in [-0.15, -0.1) is 0 Å². The molecule has 0 saturated carbocycles. The normalized spacial score (nSPS) is 12.3. The molecule has 0 aromatic heterocycles. The number of amides is 2. The first-order chi connectivity index (χ1) is 13.6. The summed E-state index contributed by atoms with van der Waals surface area (Å²) in [4.78, 5) is 28.1. The SMILES string of the molecule is CCC(C(=O)NC(C)(C)C)N(Cc1ccc(C)cc1)C(=O)Cc1ccccc1C. The van der Waals surface area contributed by atoms with Gasteiger partial charge in [-0.05, 0) is 57.7 Å². The Bertz CT molecular complexity index is 835. The largest absolute Gasteiger partial charge is 0.350 e. The number of rotatable bonds is 7. The fraction of sp³-hybridized carbons (Fsp3) is 0.440. The van der Waals surface area contributed by atoms with Crippen LogP contribution in [0.25, 0.3) is 0 Å². The van der Waals surface area contributed by atoms with E-state index in [1.807, 2.05) is 90.1 Å². The lowest BCUT2D eigenvalue weighted by molar-refractivity contribution is -0.141. The topological polar surface area (TPSA) is 49.4 Å². The quantitative estimate of drug-likeness (QED) is 0.748. The van der Waals surface area contributed by atoms with Crippen molar-refractivity contribution in [1.82, 2.24) is 10.2 Å². The monoisotopic (exact) mass is 394 g/mol. The highest BCUT2D eigenvalue weighted by Gasteiger charge is 2.30. The van der Waals surface area contributed by atoms with Crippen molar-refractivity contribution in [2.24, 2.45) is 0 Å². The minimum absolute atomic E-state index is 0.0317. The molecule has 2 rings (SSSR count). The van der Waals surface area contributed by atoms with Gasteiger partial charge >= 0.3 is 0 Å². The maximum absolute atomic E-state index is 13.4. The molecule has 156 valence electrons. The van der Waals surface area contributed by atoms with E-state index in [1.54, 1.807) is 4.90 Å². The second-order valence-electron chi connectivity index (χ2n) is 8.77. The van der Waals surface area contributed by atoms with E-state index in [0.717, 1.165) is 16.7 Å². The van der Waals surface area contributed by atoms with Gasteiger partial charge in [0.15, 0.2) is 0 Å². The maximum Gasteiger partial charge on any atom is 0.243 e. The molecular formula is C25H34N2O2. The lowest BCUT2D eigenvalue weighted by Crippen LogP contribution is -2.53. The standard InChI is InChI=1S/C25H34N2O2/c1-7-22(24(29)26-25(4,5)6)27(17-20-14-12-18(2)13-15-20)23(28)16-21-11-9-8-10-19(21)3/h8-15,22H,7,16-17H2,1-6H3,(H,26,29). The molecule has 0 bridgehead atoms. The molecule has 4 nitrogen and oxygen atoms in total. The van der Waals surface area contributed by atoms with E-state index < -0.39 is 6.04 Å². The summed E-state index contributed by atoms with van der Waals surface area (Å²) in [7, 11) is 0. The second-order valence-corrected chi connectivity index (χ2v) is 8.77. The smallest absolute Gasteiger partial charge is 0.243 e. The molecule has 2 amide bonds. The summed E-state index contributed by atoms with van der Waals surface area (Å²) in [6, 6.07) is 15.5. The predicted molar refractivity (Wildman–Crippen MR) is 119 cm³/mol. The number of hydrogen-bond acceptors (Lipinski definition) is 2. The zero-order valence-corrected chi connectivity index (χ0v) is 18.6. The van der Waals surface area contributed by atoms with Gasteiger partial charge in [0.1, 0.15) is 6.04 Å². The molecule has 0 saturated heterocycles. The maximum atomic E-state index is 13.4. The van der Waals surface area contributed by atoms with E-state index in [9.17, 15) is 9.59 Å². The molecule has 0 aliphatic heterocycles. The van der Waals surface area contributed by atoms with Crippen molar-refractivity contribution >= 4 is 11.8 Å². The van der Waals surface area contributed by atoms with Gasteiger partial charge in [0, 0.05) is 12.1 Å². The summed E-state index contributed by atoms with van der Waals surface area (Å²) in [6.45, 7) is 12.3. The highest BCUT2D eigenvalue weighted by molar-refractivity contribution is 5.89. The van der Waals surface area contributed by atoms with E-state index in [1.165, 1.54) is 5.56 Å². The van der Waals surface area contributed by atoms with Crippen molar-refractivity contribution < 1.29 is 9.59 Å². The zero-order chi connectivity index (χ0) is 21.6. The van der Waals surface area contributed by atoms with Gasteiger partial charge in [-0.1, -0.05) is 61.0 Å². The molecule has 2 aromatic carbocycles. The van der Waals surface area contributed by atoms with Crippen LogP contribution in [0.2, 0.25) is 0 Å². The summed E-state index contributed by atoms with van der Waals surface area (Å²) in [5.41, 5.74) is 3.93. The average Bonchev–Trinajstić information content (AvgIpc) is 2.63. The number of aryl methyl sites for hydroxylation is 2. The molecular weight excluding hydrogens is 360 g/mol. The minimum atomic E-state index is -0.507. The number of carbonyl (C=O) groups is 2. The molecule has 1 atom stereocenters. The highest BCUT2D eigenvalue weighted by atomic mass is 16.2. The van der Waals surface area contributed by atoms with E-state index in [-0.39, 0.29) is 23.8 Å². The fourth-order valence-electron chi connectivity index (χ4n) is 3.34. The third-order valence-electron chi connectivity index (χ3n) is 4.96. The molecule has 0 aliphatic carbocycles. The molecule has 1 unspecified atom stereocenters. The van der Waals surface area contributed by atoms with Gasteiger partial charge < -0.3 is 10.2 Å². The van der Waals surface area contributed by atoms with Crippen molar-refractivity contribution in [3.63, 3.8) is 0 Å². The molecule has 0 radical (unpaired) electrons. The Labute approximate surface area is 175 Å². The summed E-state index contributed by atoms with van der Waals surface area (Å²) in [5.74, 6) is -0.138. The van der Waals surface area contributed by atoms with Crippen LogP contribution in [0.3, 0.4) is 0 Å². The Morgan fingerprint density at radius 1 is 1.00 bits per heavy atom. The number of carbonyl (C=O) groups excluding carboxylic acids is 2. The summed E-state index contributed by atoms with van der Waals surface area (Å²) in [5, 5.41) is 3.04. The van der Waals surface area contributed by atoms with Crippen molar-refractivity contribution in [1.29, 1.82) is 0 Å². The van der Waals surface area contributed by atoms with Gasteiger partial charge in [-0.2, -0.15) is 0 Å². The average molecular weight is 395 g/mol. The van der Waals surface area contributed by atoms with Crippen LogP contribution < -0.4 is 5.32 Å². The van der Waals surface area contributed by atoms with Crippen LogP contribution in [-0.2, 0) is 22.6 Å². The van der Waals surface area contributed by atoms with Gasteiger partial charge in [-0.25, -0.2) is 0 Å². The van der Waals surface area contributed by atoms with Crippen LogP contribution in [0, 0.1) is 13.8 Å². The Balaban J connectivity index is 2.32. The van der Waals surface area contributed by atoms with Crippen LogP contribution >= 0.6 is 0 Å². The Morgan fingerprint density at radius 3 is 2.17 bits per heavy atom. The first kappa shape index (κ1) is 22.7. The predicted octanol–water partition coefficient (Wildman–Crippen LogP) is 4.57. The zero-order valence-electron chi connectivity index (χ0n) is 18.6. The molecule has 2 aromatic rings. The second kappa shape index (κ2) is 9.73. The first-order valence-corrected chi connectivity index (χ1v) is 10.3. The van der Waals surface area contributed by atoms with Crippen LogP contribution in [0.1, 0.15) is 56.4 Å². The van der Waals surface area contributed by atoms with Gasteiger partial charge in [0.05, 0.1) is 6.42 Å². The molecule has 0 heterocycles. The highest BCUT2D eigenvalue weighted by Crippen LogP contribution is 2.17. The summed E-state index contributed by atoms with van der Waals surface area (Å²) < 4.78 is 0. The van der Waals surface area contributed by atoms with Crippen molar-refractivity contribution in [3.8, 4) is 0 Å². The van der Waals surface area contributed by atoms with Gasteiger partial charge in [0.25, 0.3) is 0 Å². The Morgan fingerprint density at radius 2 is 1.62 bits per heavy atom. The van der Waals surface area contributed by atoms with E-state index in [4.69, 9.17) is 0 Å². The van der Waals surface area contributed by atoms with Crippen LogP contribution in [0.5, 0.6) is 0 Å². The third kappa shape index (κ3) is 6.74. The molecule has 29 heavy (non-hydrogen) atoms. The Kier molecular flexibility index (Phi) is 7.60. The van der Waals surface area contributed by atoms with E-state index >= 15 is 0 Å². The lowest BCUT2D eigenvalue weighted by atomic mass is 10.0. The first-order valence-electron chi connectivity index (χ1n) is 10.3. The molecule has 1 N–H and O–H groups in total. The van der Waals surface area contributed by atoms with E-state index in [2.05, 4.69) is 5.32 Å². The van der Waals surface area contributed by atoms with Gasteiger partial charge in [0.2, 0.25) is 11.8 Å². The number of nitrogens with zero attached hydrogens (tertiary/aromatic N) is 1. The molecule has 0 spiro atoms. The molecule has 0 fully saturated rings. The van der Waals surface area contributed by atoms with Crippen molar-refractivity contribution in [2.75, 3.05) is 0 Å². The van der Waals surface area contributed by atoms with E-state index in [0.29, 0.717) is 13.0 Å². The van der Waals surface area contributed by atoms with Crippen LogP contribution in [0.4, 0.5) is 0 Å². The van der Waals surface area contributed by atoms with Crippen molar-refractivity contribution in [3.05, 3.63) is 70.8 Å². The van der Waals surface area contributed by atoms with Crippen LogP contribution in [0.15, 0.2) is 48.5 Å². The lowest BCUT2D eigenvalue weighted by Gasteiger charge is -2.33. The van der Waals surface area contributed by atoms with Crippen LogP contribution in [-0.4, -0.2) is 28.3 Å². The number of benzene rings is 2. The molecule has 0 aliphatic rings. The summed E-state index contributed by atoms with van der Waals surface area (Å²) >= 11 is 0. The summed E-state index contributed by atoms with van der Waals surface area (Å²) in [6.07, 6.45) is 0.852.